The molecular weight excluding hydrogens is 340 g/mol. The van der Waals surface area contributed by atoms with E-state index in [2.05, 4.69) is 34.7 Å². The molecule has 0 saturated carbocycles. The van der Waals surface area contributed by atoms with Gasteiger partial charge in [0.25, 0.3) is 0 Å². The van der Waals surface area contributed by atoms with Gasteiger partial charge in [-0.05, 0) is 43.0 Å². The van der Waals surface area contributed by atoms with Crippen molar-refractivity contribution in [2.75, 3.05) is 6.54 Å². The smallest absolute Gasteiger partial charge is 0.335 e. The van der Waals surface area contributed by atoms with Gasteiger partial charge in [-0.1, -0.05) is 12.1 Å². The second kappa shape index (κ2) is 7.45. The first-order valence-electron chi connectivity index (χ1n) is 8.54. The fourth-order valence-corrected chi connectivity index (χ4v) is 3.80. The standard InChI is InChI=1S/C14H16N2.C4H6O6/c1-3-11-10-4-2-6-15-13(10)7-9-8-16-12(5-1)14(9)11;5-1(3(7)8)2(6)4(9)10/h1,3,5,8,10,13,15-16H,2,4,6-7H2;1-2,5-6H,(H,7,8)(H,9,10)/t10-,13-;/m1./s1. The highest BCUT2D eigenvalue weighted by atomic mass is 16.4. The first kappa shape index (κ1) is 18.4. The van der Waals surface area contributed by atoms with Gasteiger partial charge in [0, 0.05) is 29.1 Å². The van der Waals surface area contributed by atoms with Crippen LogP contribution in [0.5, 0.6) is 0 Å². The van der Waals surface area contributed by atoms with Gasteiger partial charge in [0.1, 0.15) is 0 Å². The van der Waals surface area contributed by atoms with Gasteiger partial charge in [0.05, 0.1) is 0 Å². The topological polar surface area (TPSA) is 143 Å². The maximum absolute atomic E-state index is 9.77. The number of fused-ring (bicyclic) bond motifs is 2. The Morgan fingerprint density at radius 2 is 1.81 bits per heavy atom. The Morgan fingerprint density at radius 1 is 1.12 bits per heavy atom. The Labute approximate surface area is 149 Å². The van der Waals surface area contributed by atoms with Gasteiger partial charge >= 0.3 is 11.9 Å². The molecule has 4 atom stereocenters. The number of aromatic nitrogens is 1. The number of hydrogen-bond donors (Lipinski definition) is 6. The van der Waals surface area contributed by atoms with Gasteiger partial charge in [-0.25, -0.2) is 9.59 Å². The molecule has 2 aromatic rings. The molecule has 2 aliphatic rings. The minimum atomic E-state index is -2.27. The van der Waals surface area contributed by atoms with Crippen LogP contribution in [0.3, 0.4) is 0 Å². The summed E-state index contributed by atoms with van der Waals surface area (Å²) < 4.78 is 0. The molecule has 8 heteroatoms. The van der Waals surface area contributed by atoms with Crippen LogP contribution in [0.25, 0.3) is 10.9 Å². The van der Waals surface area contributed by atoms with Crippen LogP contribution in [-0.4, -0.2) is 62.1 Å². The SMILES string of the molecule is O=C(O)C(O)C(O)C(=O)O.c1cc2c3c(c[nH]c3c1)C[C@H]1NCCC[C@H]21. The van der Waals surface area contributed by atoms with E-state index in [9.17, 15) is 9.59 Å². The van der Waals surface area contributed by atoms with Gasteiger partial charge in [0.2, 0.25) is 0 Å². The molecule has 1 aliphatic carbocycles. The first-order valence-corrected chi connectivity index (χ1v) is 8.54. The maximum atomic E-state index is 9.77. The van der Waals surface area contributed by atoms with Crippen LogP contribution in [0, 0.1) is 0 Å². The van der Waals surface area contributed by atoms with E-state index in [1.807, 2.05) is 0 Å². The van der Waals surface area contributed by atoms with Crippen LogP contribution in [0.4, 0.5) is 0 Å². The number of H-pyrrole nitrogens is 1. The number of piperidine rings is 1. The minimum Gasteiger partial charge on any atom is -0.479 e. The van der Waals surface area contributed by atoms with Gasteiger partial charge in [-0.15, -0.1) is 0 Å². The fraction of sp³-hybridized carbons (Fsp3) is 0.444. The predicted molar refractivity (Wildman–Crippen MR) is 93.1 cm³/mol. The Morgan fingerprint density at radius 3 is 2.46 bits per heavy atom. The largest absolute Gasteiger partial charge is 0.479 e. The number of benzene rings is 1. The molecule has 1 aliphatic heterocycles. The number of carboxylic acids is 2. The highest BCUT2D eigenvalue weighted by Crippen LogP contribution is 2.40. The lowest BCUT2D eigenvalue weighted by molar-refractivity contribution is -0.165. The number of aromatic amines is 1. The third kappa shape index (κ3) is 3.44. The van der Waals surface area contributed by atoms with E-state index >= 15 is 0 Å². The minimum absolute atomic E-state index is 0.669. The summed E-state index contributed by atoms with van der Waals surface area (Å²) in [5.74, 6) is -2.80. The molecule has 1 fully saturated rings. The van der Waals surface area contributed by atoms with Crippen molar-refractivity contribution < 1.29 is 30.0 Å². The quantitative estimate of drug-likeness (QED) is 0.465. The number of rotatable bonds is 3. The van der Waals surface area contributed by atoms with E-state index in [4.69, 9.17) is 20.4 Å². The summed E-state index contributed by atoms with van der Waals surface area (Å²) in [5.41, 5.74) is 4.38. The molecule has 0 amide bonds. The van der Waals surface area contributed by atoms with E-state index in [1.54, 1.807) is 5.56 Å². The van der Waals surface area contributed by atoms with Crippen molar-refractivity contribution in [3.05, 3.63) is 35.5 Å². The number of nitrogens with one attached hydrogen (secondary N) is 2. The fourth-order valence-electron chi connectivity index (χ4n) is 3.80. The maximum Gasteiger partial charge on any atom is 0.335 e. The van der Waals surface area contributed by atoms with Crippen molar-refractivity contribution in [2.45, 2.75) is 43.4 Å². The molecule has 0 spiro atoms. The summed E-state index contributed by atoms with van der Waals surface area (Å²) in [6.45, 7) is 1.19. The van der Waals surface area contributed by atoms with Crippen LogP contribution < -0.4 is 5.32 Å². The van der Waals surface area contributed by atoms with Gasteiger partial charge < -0.3 is 30.7 Å². The predicted octanol–water partition coefficient (Wildman–Crippen LogP) is 0.437. The van der Waals surface area contributed by atoms with Crippen molar-refractivity contribution in [1.29, 1.82) is 0 Å². The molecule has 2 unspecified atom stereocenters. The van der Waals surface area contributed by atoms with Crippen LogP contribution in [-0.2, 0) is 16.0 Å². The Hall–Kier alpha value is -2.42. The summed E-state index contributed by atoms with van der Waals surface area (Å²) in [5, 5.41) is 37.7. The number of hydrogen-bond acceptors (Lipinski definition) is 5. The average Bonchev–Trinajstić information content (AvgIpc) is 3.05. The molecule has 4 rings (SSSR count). The van der Waals surface area contributed by atoms with Crippen molar-refractivity contribution in [3.8, 4) is 0 Å². The number of aliphatic carboxylic acids is 2. The van der Waals surface area contributed by atoms with E-state index in [0.717, 1.165) is 5.92 Å². The number of carboxylic acid groups (broad SMARTS) is 2. The van der Waals surface area contributed by atoms with Crippen LogP contribution in [0.15, 0.2) is 24.4 Å². The van der Waals surface area contributed by atoms with E-state index in [0.29, 0.717) is 6.04 Å². The molecule has 8 nitrogen and oxygen atoms in total. The lowest BCUT2D eigenvalue weighted by atomic mass is 9.76. The van der Waals surface area contributed by atoms with E-state index < -0.39 is 24.1 Å². The van der Waals surface area contributed by atoms with Crippen molar-refractivity contribution in [1.82, 2.24) is 10.3 Å². The molecule has 140 valence electrons. The summed E-state index contributed by atoms with van der Waals surface area (Å²) in [4.78, 5) is 22.9. The number of aliphatic hydroxyl groups is 2. The highest BCUT2D eigenvalue weighted by molar-refractivity contribution is 5.88. The van der Waals surface area contributed by atoms with Crippen molar-refractivity contribution in [2.24, 2.45) is 0 Å². The van der Waals surface area contributed by atoms with Crippen LogP contribution >= 0.6 is 0 Å². The monoisotopic (exact) mass is 362 g/mol. The zero-order valence-electron chi connectivity index (χ0n) is 14.1. The summed E-state index contributed by atoms with van der Waals surface area (Å²) in [6, 6.07) is 7.37. The summed E-state index contributed by atoms with van der Waals surface area (Å²) in [6.07, 6.45) is 1.52. The normalized spacial score (nSPS) is 23.3. The molecule has 1 aromatic heterocycles. The van der Waals surface area contributed by atoms with Crippen LogP contribution in [0.1, 0.15) is 29.9 Å². The Bertz CT molecular complexity index is 799. The second-order valence-corrected chi connectivity index (χ2v) is 6.66. The molecule has 1 aromatic carbocycles. The molecule has 26 heavy (non-hydrogen) atoms. The number of aliphatic hydroxyl groups excluding tert-OH is 2. The van der Waals surface area contributed by atoms with Crippen molar-refractivity contribution >= 4 is 22.8 Å². The Kier molecular flexibility index (Phi) is 5.26. The van der Waals surface area contributed by atoms with E-state index in [-0.39, 0.29) is 0 Å². The van der Waals surface area contributed by atoms with Crippen molar-refractivity contribution in [3.63, 3.8) is 0 Å². The third-order valence-corrected chi connectivity index (χ3v) is 5.05. The van der Waals surface area contributed by atoms with Crippen LogP contribution in [0.2, 0.25) is 0 Å². The highest BCUT2D eigenvalue weighted by Gasteiger charge is 2.32. The summed E-state index contributed by atoms with van der Waals surface area (Å²) >= 11 is 0. The van der Waals surface area contributed by atoms with Gasteiger partial charge in [0.15, 0.2) is 12.2 Å². The zero-order chi connectivity index (χ0) is 18.8. The van der Waals surface area contributed by atoms with Gasteiger partial charge in [-0.2, -0.15) is 0 Å². The molecular formula is C18H22N2O6. The molecule has 1 saturated heterocycles. The zero-order valence-corrected chi connectivity index (χ0v) is 14.1. The lowest BCUT2D eigenvalue weighted by Gasteiger charge is -2.36. The number of carbonyl (C=O) groups is 2. The lowest BCUT2D eigenvalue weighted by Crippen LogP contribution is -2.43. The molecule has 0 radical (unpaired) electrons. The third-order valence-electron chi connectivity index (χ3n) is 5.05. The molecule has 2 heterocycles. The Balaban J connectivity index is 0.000000172. The molecule has 0 bridgehead atoms. The summed E-state index contributed by atoms with van der Waals surface area (Å²) in [7, 11) is 0. The second-order valence-electron chi connectivity index (χ2n) is 6.66. The first-order chi connectivity index (χ1) is 12.4. The van der Waals surface area contributed by atoms with E-state index in [1.165, 1.54) is 42.3 Å². The van der Waals surface area contributed by atoms with Gasteiger partial charge in [-0.3, -0.25) is 0 Å². The molecule has 6 N–H and O–H groups in total. The average molecular weight is 362 g/mol.